The minimum atomic E-state index is -1.17. The molecule has 0 aliphatic carbocycles. The fourth-order valence-electron chi connectivity index (χ4n) is 1.72. The van der Waals surface area contributed by atoms with Crippen LogP contribution in [0.5, 0.6) is 0 Å². The molecule has 0 amide bonds. The minimum Gasteiger partial charge on any atom is -0.481 e. The molecule has 0 saturated carbocycles. The predicted octanol–water partition coefficient (Wildman–Crippen LogP) is 2.58. The number of aliphatic carboxylic acids is 1. The SMILES string of the molecule is Cc1cccc(C[C@@H](C(=O)O)C(=O)OC(C)(C)C)c1. The molecule has 1 aromatic rings. The second kappa shape index (κ2) is 5.87. The maximum absolute atomic E-state index is 11.9. The first kappa shape index (κ1) is 15.2. The zero-order chi connectivity index (χ0) is 14.6. The lowest BCUT2D eigenvalue weighted by Gasteiger charge is -2.22. The van der Waals surface area contributed by atoms with Crippen LogP contribution >= 0.6 is 0 Å². The number of rotatable bonds is 4. The minimum absolute atomic E-state index is 0.145. The number of carboxylic acids is 1. The van der Waals surface area contributed by atoms with Gasteiger partial charge in [-0.3, -0.25) is 9.59 Å². The molecule has 1 atom stereocenters. The zero-order valence-electron chi connectivity index (χ0n) is 11.8. The van der Waals surface area contributed by atoms with Crippen molar-refractivity contribution in [1.29, 1.82) is 0 Å². The smallest absolute Gasteiger partial charge is 0.321 e. The largest absolute Gasteiger partial charge is 0.481 e. The maximum Gasteiger partial charge on any atom is 0.321 e. The monoisotopic (exact) mass is 264 g/mol. The van der Waals surface area contributed by atoms with E-state index in [1.807, 2.05) is 31.2 Å². The summed E-state index contributed by atoms with van der Waals surface area (Å²) in [4.78, 5) is 23.1. The Morgan fingerprint density at radius 2 is 1.95 bits per heavy atom. The number of carboxylic acid groups (broad SMARTS) is 1. The Morgan fingerprint density at radius 1 is 1.32 bits per heavy atom. The molecule has 0 spiro atoms. The van der Waals surface area contributed by atoms with Crippen molar-refractivity contribution in [3.8, 4) is 0 Å². The van der Waals surface area contributed by atoms with Crippen molar-refractivity contribution in [2.24, 2.45) is 5.92 Å². The van der Waals surface area contributed by atoms with Crippen molar-refractivity contribution in [3.05, 3.63) is 35.4 Å². The molecule has 4 nitrogen and oxygen atoms in total. The van der Waals surface area contributed by atoms with E-state index in [9.17, 15) is 14.7 Å². The Bertz CT molecular complexity index is 471. The number of carbonyl (C=O) groups is 2. The average Bonchev–Trinajstić information content (AvgIpc) is 2.23. The van der Waals surface area contributed by atoms with E-state index >= 15 is 0 Å². The highest BCUT2D eigenvalue weighted by atomic mass is 16.6. The van der Waals surface area contributed by atoms with Gasteiger partial charge in [-0.1, -0.05) is 29.8 Å². The molecule has 4 heteroatoms. The number of hydrogen-bond donors (Lipinski definition) is 1. The molecule has 0 aliphatic rings. The van der Waals surface area contributed by atoms with Gasteiger partial charge >= 0.3 is 11.9 Å². The lowest BCUT2D eigenvalue weighted by Crippen LogP contribution is -2.34. The molecule has 1 N–H and O–H groups in total. The summed E-state index contributed by atoms with van der Waals surface area (Å²) in [5.74, 6) is -3.02. The third-order valence-electron chi connectivity index (χ3n) is 2.51. The van der Waals surface area contributed by atoms with E-state index in [1.165, 1.54) is 0 Å². The molecular formula is C15H20O4. The molecule has 1 aromatic carbocycles. The number of ether oxygens (including phenoxy) is 1. The Kier molecular flexibility index (Phi) is 4.70. The van der Waals surface area contributed by atoms with Gasteiger partial charge in [0.1, 0.15) is 5.60 Å². The summed E-state index contributed by atoms with van der Waals surface area (Å²) in [6, 6.07) is 7.46. The van der Waals surface area contributed by atoms with E-state index in [-0.39, 0.29) is 6.42 Å². The summed E-state index contributed by atoms with van der Waals surface area (Å²) in [6.45, 7) is 7.08. The number of hydrogen-bond acceptors (Lipinski definition) is 3. The number of aryl methyl sites for hydroxylation is 1. The van der Waals surface area contributed by atoms with Crippen LogP contribution in [0, 0.1) is 12.8 Å². The Hall–Kier alpha value is -1.84. The van der Waals surface area contributed by atoms with Crippen molar-refractivity contribution in [3.63, 3.8) is 0 Å². The second-order valence-corrected chi connectivity index (χ2v) is 5.62. The molecule has 0 unspecified atom stereocenters. The normalized spacial score (nSPS) is 12.8. The summed E-state index contributed by atoms with van der Waals surface area (Å²) in [6.07, 6.45) is 0.145. The highest BCUT2D eigenvalue weighted by Crippen LogP contribution is 2.16. The van der Waals surface area contributed by atoms with Crippen LogP contribution in [0.25, 0.3) is 0 Å². The Morgan fingerprint density at radius 3 is 2.42 bits per heavy atom. The highest BCUT2D eigenvalue weighted by Gasteiger charge is 2.31. The number of esters is 1. The number of carbonyl (C=O) groups excluding carboxylic acids is 1. The molecule has 19 heavy (non-hydrogen) atoms. The third kappa shape index (κ3) is 5.12. The molecule has 0 radical (unpaired) electrons. The summed E-state index contributed by atoms with van der Waals surface area (Å²) in [5.41, 5.74) is 1.17. The lowest BCUT2D eigenvalue weighted by atomic mass is 9.98. The van der Waals surface area contributed by atoms with Crippen molar-refractivity contribution in [2.75, 3.05) is 0 Å². The van der Waals surface area contributed by atoms with Crippen LogP contribution in [0.3, 0.4) is 0 Å². The van der Waals surface area contributed by atoms with E-state index in [0.29, 0.717) is 0 Å². The van der Waals surface area contributed by atoms with Gasteiger partial charge in [0.25, 0.3) is 0 Å². The van der Waals surface area contributed by atoms with Crippen LogP contribution in [0.4, 0.5) is 0 Å². The van der Waals surface area contributed by atoms with Gasteiger partial charge in [-0.15, -0.1) is 0 Å². The molecular weight excluding hydrogens is 244 g/mol. The fourth-order valence-corrected chi connectivity index (χ4v) is 1.72. The van der Waals surface area contributed by atoms with E-state index in [0.717, 1.165) is 11.1 Å². The predicted molar refractivity (Wildman–Crippen MR) is 71.9 cm³/mol. The lowest BCUT2D eigenvalue weighted by molar-refractivity contribution is -0.166. The van der Waals surface area contributed by atoms with Crippen molar-refractivity contribution >= 4 is 11.9 Å². The van der Waals surface area contributed by atoms with Gasteiger partial charge in [0.2, 0.25) is 0 Å². The van der Waals surface area contributed by atoms with E-state index in [2.05, 4.69) is 0 Å². The zero-order valence-corrected chi connectivity index (χ0v) is 11.8. The highest BCUT2D eigenvalue weighted by molar-refractivity contribution is 5.94. The molecule has 0 aliphatic heterocycles. The molecule has 0 fully saturated rings. The molecule has 0 aromatic heterocycles. The van der Waals surface area contributed by atoms with Gasteiger partial charge in [-0.2, -0.15) is 0 Å². The van der Waals surface area contributed by atoms with Gasteiger partial charge in [-0.05, 0) is 39.7 Å². The first-order valence-corrected chi connectivity index (χ1v) is 6.20. The molecule has 0 saturated heterocycles. The van der Waals surface area contributed by atoms with Gasteiger partial charge in [0.15, 0.2) is 5.92 Å². The molecule has 0 heterocycles. The van der Waals surface area contributed by atoms with Crippen LogP contribution < -0.4 is 0 Å². The van der Waals surface area contributed by atoms with Crippen LogP contribution in [0.1, 0.15) is 31.9 Å². The maximum atomic E-state index is 11.9. The summed E-state index contributed by atoms with van der Waals surface area (Å²) in [5, 5.41) is 9.17. The van der Waals surface area contributed by atoms with Crippen LogP contribution in [-0.2, 0) is 20.7 Å². The van der Waals surface area contributed by atoms with Gasteiger partial charge in [-0.25, -0.2) is 0 Å². The Labute approximate surface area is 113 Å². The van der Waals surface area contributed by atoms with Gasteiger partial charge < -0.3 is 9.84 Å². The first-order chi connectivity index (χ1) is 8.69. The van der Waals surface area contributed by atoms with Crippen molar-refractivity contribution < 1.29 is 19.4 Å². The fraction of sp³-hybridized carbons (Fsp3) is 0.467. The quantitative estimate of drug-likeness (QED) is 0.670. The number of benzene rings is 1. The van der Waals surface area contributed by atoms with Crippen LogP contribution in [0.2, 0.25) is 0 Å². The van der Waals surface area contributed by atoms with Gasteiger partial charge in [0.05, 0.1) is 0 Å². The molecule has 1 rings (SSSR count). The standard InChI is InChI=1S/C15H20O4/c1-10-6-5-7-11(8-10)9-12(13(16)17)14(18)19-15(2,3)4/h5-8,12H,9H2,1-4H3,(H,16,17)/t12-/m0/s1. The molecule has 0 bridgehead atoms. The van der Waals surface area contributed by atoms with Gasteiger partial charge in [0, 0.05) is 0 Å². The second-order valence-electron chi connectivity index (χ2n) is 5.62. The Balaban J connectivity index is 2.84. The van der Waals surface area contributed by atoms with Crippen molar-refractivity contribution in [2.45, 2.75) is 39.7 Å². The van der Waals surface area contributed by atoms with E-state index in [1.54, 1.807) is 20.8 Å². The summed E-state index contributed by atoms with van der Waals surface area (Å²) < 4.78 is 5.14. The van der Waals surface area contributed by atoms with Crippen LogP contribution in [0.15, 0.2) is 24.3 Å². The van der Waals surface area contributed by atoms with E-state index < -0.39 is 23.5 Å². The summed E-state index contributed by atoms with van der Waals surface area (Å²) >= 11 is 0. The van der Waals surface area contributed by atoms with Crippen LogP contribution in [-0.4, -0.2) is 22.6 Å². The average molecular weight is 264 g/mol. The van der Waals surface area contributed by atoms with E-state index in [4.69, 9.17) is 4.74 Å². The van der Waals surface area contributed by atoms with Crippen molar-refractivity contribution in [1.82, 2.24) is 0 Å². The summed E-state index contributed by atoms with van der Waals surface area (Å²) in [7, 11) is 0. The third-order valence-corrected chi connectivity index (χ3v) is 2.51. The first-order valence-electron chi connectivity index (χ1n) is 6.20. The molecule has 104 valence electrons. The topological polar surface area (TPSA) is 63.6 Å².